The lowest BCUT2D eigenvalue weighted by molar-refractivity contribution is 0.183. The molecule has 2 atom stereocenters. The fourth-order valence-electron chi connectivity index (χ4n) is 3.14. The van der Waals surface area contributed by atoms with Gasteiger partial charge >= 0.3 is 6.03 Å². The van der Waals surface area contributed by atoms with Crippen molar-refractivity contribution in [2.24, 2.45) is 0 Å². The van der Waals surface area contributed by atoms with Gasteiger partial charge in [-0.3, -0.25) is 0 Å². The number of benzene rings is 2. The van der Waals surface area contributed by atoms with Gasteiger partial charge < -0.3 is 15.0 Å². The summed E-state index contributed by atoms with van der Waals surface area (Å²) in [7, 11) is -1.50. The van der Waals surface area contributed by atoms with Gasteiger partial charge in [-0.25, -0.2) is 13.2 Å². The van der Waals surface area contributed by atoms with E-state index in [4.69, 9.17) is 4.74 Å². The zero-order valence-electron chi connectivity index (χ0n) is 15.7. The number of amides is 2. The van der Waals surface area contributed by atoms with Crippen molar-refractivity contribution in [3.8, 4) is 5.75 Å². The Morgan fingerprint density at radius 2 is 1.85 bits per heavy atom. The Balaban J connectivity index is 1.70. The summed E-state index contributed by atoms with van der Waals surface area (Å²) in [6.45, 7) is 2.47. The maximum atomic E-state index is 12.7. The highest BCUT2D eigenvalue weighted by atomic mass is 32.2. The summed E-state index contributed by atoms with van der Waals surface area (Å²) in [4.78, 5) is 14.6. The molecule has 1 N–H and O–H groups in total. The molecule has 0 radical (unpaired) electrons. The van der Waals surface area contributed by atoms with E-state index in [0.717, 1.165) is 16.9 Å². The summed E-state index contributed by atoms with van der Waals surface area (Å²) < 4.78 is 28.8. The summed E-state index contributed by atoms with van der Waals surface area (Å²) in [5.74, 6) is 0.807. The number of sulfone groups is 1. The third-order valence-corrected chi connectivity index (χ3v) is 6.08. The average Bonchev–Trinajstić information content (AvgIpc) is 2.66. The fourth-order valence-corrected chi connectivity index (χ4v) is 3.77. The quantitative estimate of drug-likeness (QED) is 0.872. The van der Waals surface area contributed by atoms with Crippen LogP contribution < -0.4 is 10.1 Å². The van der Waals surface area contributed by atoms with Crippen LogP contribution in [-0.2, 0) is 9.84 Å². The molecule has 144 valence electrons. The number of carbonyl (C=O) groups is 1. The number of rotatable bonds is 4. The van der Waals surface area contributed by atoms with Crippen molar-refractivity contribution >= 4 is 15.9 Å². The summed E-state index contributed by atoms with van der Waals surface area (Å²) in [5, 5.41) is 3.07. The maximum absolute atomic E-state index is 12.7. The Bertz CT molecular complexity index is 925. The zero-order valence-corrected chi connectivity index (χ0v) is 16.5. The van der Waals surface area contributed by atoms with E-state index in [1.807, 2.05) is 31.2 Å². The van der Waals surface area contributed by atoms with Gasteiger partial charge in [0.15, 0.2) is 9.84 Å². The lowest BCUT2D eigenvalue weighted by atomic mass is 10.0. The van der Waals surface area contributed by atoms with Crippen molar-refractivity contribution in [2.75, 3.05) is 19.9 Å². The fraction of sp³-hybridized carbons (Fsp3) is 0.350. The highest BCUT2D eigenvalue weighted by Gasteiger charge is 2.25. The molecule has 0 unspecified atom stereocenters. The summed E-state index contributed by atoms with van der Waals surface area (Å²) in [6.07, 6.45) is 1.89. The van der Waals surface area contributed by atoms with Crippen LogP contribution in [0.25, 0.3) is 0 Å². The summed E-state index contributed by atoms with van der Waals surface area (Å²) in [5.41, 5.74) is 1.85. The van der Waals surface area contributed by atoms with Gasteiger partial charge in [0.05, 0.1) is 23.6 Å². The smallest absolute Gasteiger partial charge is 0.318 e. The molecule has 6 nitrogen and oxygen atoms in total. The molecule has 7 heteroatoms. The van der Waals surface area contributed by atoms with Crippen molar-refractivity contribution in [2.45, 2.75) is 30.3 Å². The number of hydrogen-bond donors (Lipinski definition) is 1. The molecule has 0 saturated heterocycles. The number of urea groups is 1. The van der Waals surface area contributed by atoms with Gasteiger partial charge in [-0.1, -0.05) is 30.3 Å². The number of nitrogens with one attached hydrogen (secondary N) is 1. The highest BCUT2D eigenvalue weighted by molar-refractivity contribution is 7.90. The van der Waals surface area contributed by atoms with Gasteiger partial charge in [0.1, 0.15) is 5.75 Å². The standard InChI is InChI=1S/C20H24N2O4S/c1-14(15-8-10-16(11-9-15)27(3,24)25)22(2)20(23)21-18-12-13-26-19-7-5-4-6-17(18)19/h4-11,14,18H,12-13H2,1-3H3,(H,21,23)/t14-,18+/m1/s1. The SMILES string of the molecule is C[C@H](c1ccc(S(C)(=O)=O)cc1)N(C)C(=O)N[C@H]1CCOc2ccccc21. The number of carbonyl (C=O) groups excluding carboxylic acids is 1. The second-order valence-electron chi connectivity index (χ2n) is 6.81. The van der Waals surface area contributed by atoms with Crippen molar-refractivity contribution in [1.82, 2.24) is 10.2 Å². The number of fused-ring (bicyclic) bond motifs is 1. The van der Waals surface area contributed by atoms with Gasteiger partial charge in [-0.15, -0.1) is 0 Å². The first-order chi connectivity index (χ1) is 12.8. The number of hydrogen-bond acceptors (Lipinski definition) is 4. The molecule has 0 bridgehead atoms. The molecule has 1 aliphatic heterocycles. The van der Waals surface area contributed by atoms with Crippen molar-refractivity contribution in [3.05, 3.63) is 59.7 Å². The molecule has 0 spiro atoms. The van der Waals surface area contributed by atoms with Gasteiger partial charge in [-0.05, 0) is 30.7 Å². The van der Waals surface area contributed by atoms with Crippen LogP contribution in [0.4, 0.5) is 4.79 Å². The zero-order chi connectivity index (χ0) is 19.6. The minimum absolute atomic E-state index is 0.0929. The molecule has 2 aromatic rings. The molecule has 27 heavy (non-hydrogen) atoms. The van der Waals surface area contributed by atoms with Gasteiger partial charge in [0.2, 0.25) is 0 Å². The molecule has 1 heterocycles. The Morgan fingerprint density at radius 1 is 1.19 bits per heavy atom. The van der Waals surface area contributed by atoms with Crippen LogP contribution in [0.15, 0.2) is 53.4 Å². The molecule has 2 aromatic carbocycles. The van der Waals surface area contributed by atoms with Crippen LogP contribution >= 0.6 is 0 Å². The van der Waals surface area contributed by atoms with Gasteiger partial charge in [-0.2, -0.15) is 0 Å². The lowest BCUT2D eigenvalue weighted by Crippen LogP contribution is -2.41. The molecule has 0 aromatic heterocycles. The first-order valence-corrected chi connectivity index (χ1v) is 10.7. The van der Waals surface area contributed by atoms with E-state index in [1.54, 1.807) is 36.2 Å². The van der Waals surface area contributed by atoms with Crippen LogP contribution in [0.2, 0.25) is 0 Å². The van der Waals surface area contributed by atoms with E-state index in [-0.39, 0.29) is 23.0 Å². The molecule has 0 saturated carbocycles. The lowest BCUT2D eigenvalue weighted by Gasteiger charge is -2.31. The van der Waals surface area contributed by atoms with E-state index in [9.17, 15) is 13.2 Å². The second kappa shape index (κ2) is 7.60. The van der Waals surface area contributed by atoms with E-state index in [0.29, 0.717) is 13.0 Å². The van der Waals surface area contributed by atoms with Crippen molar-refractivity contribution in [3.63, 3.8) is 0 Å². The third kappa shape index (κ3) is 4.24. The summed E-state index contributed by atoms with van der Waals surface area (Å²) >= 11 is 0. The largest absolute Gasteiger partial charge is 0.493 e. The van der Waals surface area contributed by atoms with Crippen molar-refractivity contribution < 1.29 is 17.9 Å². The third-order valence-electron chi connectivity index (χ3n) is 4.95. The van der Waals surface area contributed by atoms with E-state index in [2.05, 4.69) is 5.32 Å². The van der Waals surface area contributed by atoms with Crippen LogP contribution in [0.5, 0.6) is 5.75 Å². The van der Waals surface area contributed by atoms with Gasteiger partial charge in [0, 0.05) is 25.3 Å². The molecule has 3 rings (SSSR count). The molecular weight excluding hydrogens is 364 g/mol. The first kappa shape index (κ1) is 19.2. The molecule has 1 aliphatic rings. The highest BCUT2D eigenvalue weighted by Crippen LogP contribution is 2.32. The van der Waals surface area contributed by atoms with E-state index < -0.39 is 9.84 Å². The molecule has 0 aliphatic carbocycles. The van der Waals surface area contributed by atoms with Crippen LogP contribution in [0, 0.1) is 0 Å². The van der Waals surface area contributed by atoms with Gasteiger partial charge in [0.25, 0.3) is 0 Å². The Kier molecular flexibility index (Phi) is 5.41. The normalized spacial score (nSPS) is 17.4. The Labute approximate surface area is 160 Å². The van der Waals surface area contributed by atoms with Crippen molar-refractivity contribution in [1.29, 1.82) is 0 Å². The molecular formula is C20H24N2O4S. The predicted octanol–water partition coefficient (Wildman–Crippen LogP) is 3.32. The minimum atomic E-state index is -3.23. The van der Waals surface area contributed by atoms with E-state index in [1.165, 1.54) is 6.26 Å². The predicted molar refractivity (Wildman–Crippen MR) is 104 cm³/mol. The minimum Gasteiger partial charge on any atom is -0.493 e. The molecule has 0 fully saturated rings. The monoisotopic (exact) mass is 388 g/mol. The second-order valence-corrected chi connectivity index (χ2v) is 8.82. The van der Waals surface area contributed by atoms with Crippen LogP contribution in [-0.4, -0.2) is 39.3 Å². The van der Waals surface area contributed by atoms with Crippen LogP contribution in [0.1, 0.15) is 36.6 Å². The topological polar surface area (TPSA) is 75.7 Å². The van der Waals surface area contributed by atoms with Crippen LogP contribution in [0.3, 0.4) is 0 Å². The Morgan fingerprint density at radius 3 is 2.52 bits per heavy atom. The summed E-state index contributed by atoms with van der Waals surface area (Å²) in [6, 6.07) is 13.9. The first-order valence-electron chi connectivity index (χ1n) is 8.82. The Hall–Kier alpha value is -2.54. The number of nitrogens with zero attached hydrogens (tertiary/aromatic N) is 1. The van der Waals surface area contributed by atoms with E-state index >= 15 is 0 Å². The molecule has 2 amide bonds. The number of para-hydroxylation sites is 1. The number of ether oxygens (including phenoxy) is 1. The maximum Gasteiger partial charge on any atom is 0.318 e. The average molecular weight is 388 g/mol.